The summed E-state index contributed by atoms with van der Waals surface area (Å²) in [7, 11) is 0. The lowest BCUT2D eigenvalue weighted by Gasteiger charge is -2.07. The molecule has 124 valence electrons. The summed E-state index contributed by atoms with van der Waals surface area (Å²) in [6, 6.07) is 6.51. The van der Waals surface area contributed by atoms with Crippen molar-refractivity contribution < 1.29 is 0 Å². The summed E-state index contributed by atoms with van der Waals surface area (Å²) in [6.07, 6.45) is 7.07. The van der Waals surface area contributed by atoms with Gasteiger partial charge in [-0.2, -0.15) is 0 Å². The molecule has 0 spiro atoms. The van der Waals surface area contributed by atoms with E-state index in [9.17, 15) is 0 Å². The molecule has 0 bridgehead atoms. The monoisotopic (exact) mass is 308 g/mol. The second-order valence-electron chi connectivity index (χ2n) is 5.91. The maximum atomic E-state index is 4.05. The van der Waals surface area contributed by atoms with Gasteiger partial charge in [-0.05, 0) is 68.9 Å². The molecule has 0 heterocycles. The van der Waals surface area contributed by atoms with Crippen LogP contribution in [-0.4, -0.2) is 0 Å². The number of rotatable bonds is 5. The molecular formula is C23H32. The third-order valence-electron chi connectivity index (χ3n) is 3.73. The van der Waals surface area contributed by atoms with Gasteiger partial charge in [0.1, 0.15) is 0 Å². The highest BCUT2D eigenvalue weighted by atomic mass is 14.1. The van der Waals surface area contributed by atoms with E-state index in [1.165, 1.54) is 27.8 Å². The van der Waals surface area contributed by atoms with Crippen LogP contribution in [0.25, 0.3) is 5.57 Å². The molecule has 0 amide bonds. The van der Waals surface area contributed by atoms with Crippen molar-refractivity contribution in [1.82, 2.24) is 0 Å². The molecule has 0 saturated carbocycles. The number of hydrogen-bond acceptors (Lipinski definition) is 0. The predicted octanol–water partition coefficient (Wildman–Crippen LogP) is 7.37. The van der Waals surface area contributed by atoms with Crippen molar-refractivity contribution in [3.05, 3.63) is 89.6 Å². The lowest BCUT2D eigenvalue weighted by atomic mass is 9.98. The Balaban J connectivity index is 0.000000423. The topological polar surface area (TPSA) is 0 Å². The maximum absolute atomic E-state index is 4.05. The largest absolute Gasteiger partial charge is 0.0955 e. The lowest BCUT2D eigenvalue weighted by molar-refractivity contribution is 1.22. The van der Waals surface area contributed by atoms with Crippen molar-refractivity contribution in [2.75, 3.05) is 0 Å². The van der Waals surface area contributed by atoms with Crippen molar-refractivity contribution in [3.63, 3.8) is 0 Å². The van der Waals surface area contributed by atoms with Crippen LogP contribution in [0, 0.1) is 13.8 Å². The number of hydrogen-bond donors (Lipinski definition) is 0. The fraction of sp³-hybridized carbons (Fsp3) is 0.304. The summed E-state index contributed by atoms with van der Waals surface area (Å²) in [5.41, 5.74) is 8.42. The molecule has 0 nitrogen and oxygen atoms in total. The van der Waals surface area contributed by atoms with Crippen LogP contribution < -0.4 is 0 Å². The molecule has 0 aliphatic rings. The average molecular weight is 309 g/mol. The Kier molecular flexibility index (Phi) is 9.65. The van der Waals surface area contributed by atoms with Crippen LogP contribution in [0.1, 0.15) is 50.8 Å². The van der Waals surface area contributed by atoms with Gasteiger partial charge in [0.15, 0.2) is 0 Å². The van der Waals surface area contributed by atoms with Gasteiger partial charge >= 0.3 is 0 Å². The molecule has 0 aliphatic heterocycles. The van der Waals surface area contributed by atoms with E-state index in [2.05, 4.69) is 58.7 Å². The van der Waals surface area contributed by atoms with Crippen molar-refractivity contribution in [2.24, 2.45) is 0 Å². The minimum atomic E-state index is 1.03. The molecule has 0 heteroatoms. The van der Waals surface area contributed by atoms with E-state index in [0.29, 0.717) is 0 Å². The minimum absolute atomic E-state index is 1.03. The van der Waals surface area contributed by atoms with Gasteiger partial charge in [0.25, 0.3) is 0 Å². The van der Waals surface area contributed by atoms with Gasteiger partial charge in [-0.1, -0.05) is 74.2 Å². The Morgan fingerprint density at radius 2 is 1.70 bits per heavy atom. The Bertz CT molecular complexity index is 621. The van der Waals surface area contributed by atoms with Gasteiger partial charge in [-0.25, -0.2) is 0 Å². The quantitative estimate of drug-likeness (QED) is 0.498. The first kappa shape index (κ1) is 20.9. The number of benzene rings is 1. The van der Waals surface area contributed by atoms with E-state index in [0.717, 1.165) is 17.6 Å². The Morgan fingerprint density at radius 1 is 1.09 bits per heavy atom. The zero-order chi connectivity index (χ0) is 18.0. The van der Waals surface area contributed by atoms with Crippen LogP contribution >= 0.6 is 0 Å². The van der Waals surface area contributed by atoms with E-state index in [1.54, 1.807) is 0 Å². The summed E-state index contributed by atoms with van der Waals surface area (Å²) in [5, 5.41) is 0. The fourth-order valence-electron chi connectivity index (χ4n) is 1.98. The minimum Gasteiger partial charge on any atom is -0.0955 e. The average Bonchev–Trinajstić information content (AvgIpc) is 2.53. The van der Waals surface area contributed by atoms with Gasteiger partial charge < -0.3 is 0 Å². The summed E-state index contributed by atoms with van der Waals surface area (Å²) >= 11 is 0. The van der Waals surface area contributed by atoms with E-state index < -0.39 is 0 Å². The number of allylic oxidation sites excluding steroid dienone is 7. The van der Waals surface area contributed by atoms with E-state index >= 15 is 0 Å². The molecule has 0 N–H and O–H groups in total. The molecule has 0 unspecified atom stereocenters. The smallest absolute Gasteiger partial charge is 0.0199 e. The van der Waals surface area contributed by atoms with Crippen LogP contribution in [0.15, 0.2) is 72.9 Å². The maximum Gasteiger partial charge on any atom is -0.0199 e. The molecule has 0 radical (unpaired) electrons. The molecule has 1 aromatic rings. The van der Waals surface area contributed by atoms with Crippen molar-refractivity contribution in [3.8, 4) is 0 Å². The first-order chi connectivity index (χ1) is 10.7. The predicted molar refractivity (Wildman–Crippen MR) is 108 cm³/mol. The van der Waals surface area contributed by atoms with Crippen molar-refractivity contribution >= 4 is 5.57 Å². The zero-order valence-corrected chi connectivity index (χ0v) is 15.8. The second kappa shape index (κ2) is 10.6. The molecule has 0 aliphatic carbocycles. The molecule has 1 aromatic carbocycles. The lowest BCUT2D eigenvalue weighted by Crippen LogP contribution is -1.87. The van der Waals surface area contributed by atoms with Gasteiger partial charge in [0.05, 0.1) is 0 Å². The standard InChI is InChI=1S/C12H16.C11H16/c1-5-10(3)12-8-9(2)6-7-11(12)4;1-6-7-8-10(4)11(5)9(2)3/h6-8H,3,5H2,1-2,4H3;6-8H,2,5H2,1,3-4H3/b;7-6-,10-8-. The molecule has 23 heavy (non-hydrogen) atoms. The van der Waals surface area contributed by atoms with Crippen LogP contribution in [-0.2, 0) is 0 Å². The SMILES string of the molecule is C=C(C)C(=C)/C(C)=C\C=C/C.C=C(CC)c1cc(C)ccc1C. The highest BCUT2D eigenvalue weighted by molar-refractivity contribution is 5.66. The Morgan fingerprint density at radius 3 is 2.17 bits per heavy atom. The first-order valence-electron chi connectivity index (χ1n) is 8.14. The van der Waals surface area contributed by atoms with E-state index in [1.807, 2.05) is 39.0 Å². The zero-order valence-electron chi connectivity index (χ0n) is 15.8. The molecular weight excluding hydrogens is 276 g/mol. The third-order valence-corrected chi connectivity index (χ3v) is 3.73. The first-order valence-corrected chi connectivity index (χ1v) is 8.14. The van der Waals surface area contributed by atoms with Crippen LogP contribution in [0.5, 0.6) is 0 Å². The summed E-state index contributed by atoms with van der Waals surface area (Å²) in [6.45, 7) is 24.2. The molecule has 1 rings (SSSR count). The molecule has 0 aromatic heterocycles. The molecule has 0 atom stereocenters. The third kappa shape index (κ3) is 7.65. The summed E-state index contributed by atoms with van der Waals surface area (Å²) in [4.78, 5) is 0. The number of aryl methyl sites for hydroxylation is 2. The van der Waals surface area contributed by atoms with Crippen LogP contribution in [0.3, 0.4) is 0 Å². The normalized spacial score (nSPS) is 11.0. The highest BCUT2D eigenvalue weighted by Crippen LogP contribution is 2.20. The van der Waals surface area contributed by atoms with Crippen molar-refractivity contribution in [2.45, 2.75) is 48.0 Å². The van der Waals surface area contributed by atoms with E-state index in [-0.39, 0.29) is 0 Å². The van der Waals surface area contributed by atoms with E-state index in [4.69, 9.17) is 0 Å². The molecule has 0 saturated heterocycles. The Labute approximate surface area is 143 Å². The Hall–Kier alpha value is -2.08. The van der Waals surface area contributed by atoms with Crippen LogP contribution in [0.4, 0.5) is 0 Å². The summed E-state index contributed by atoms with van der Waals surface area (Å²) in [5.74, 6) is 0. The molecule has 0 fully saturated rings. The van der Waals surface area contributed by atoms with Crippen molar-refractivity contribution in [1.29, 1.82) is 0 Å². The fourth-order valence-corrected chi connectivity index (χ4v) is 1.98. The van der Waals surface area contributed by atoms with Gasteiger partial charge in [-0.15, -0.1) is 0 Å². The summed E-state index contributed by atoms with van der Waals surface area (Å²) < 4.78 is 0. The van der Waals surface area contributed by atoms with Gasteiger partial charge in [0.2, 0.25) is 0 Å². The highest BCUT2D eigenvalue weighted by Gasteiger charge is 2.00. The second-order valence-corrected chi connectivity index (χ2v) is 5.91. The van der Waals surface area contributed by atoms with Crippen LogP contribution in [0.2, 0.25) is 0 Å². The van der Waals surface area contributed by atoms with Gasteiger partial charge in [-0.3, -0.25) is 0 Å². The van der Waals surface area contributed by atoms with Gasteiger partial charge in [0, 0.05) is 0 Å².